The van der Waals surface area contributed by atoms with Crippen molar-refractivity contribution >= 4 is 73.2 Å². The molecule has 3 aromatic heterocycles. The fourth-order valence-corrected chi connectivity index (χ4v) is 9.84. The van der Waals surface area contributed by atoms with Crippen molar-refractivity contribution in [3.63, 3.8) is 0 Å². The second kappa shape index (κ2) is 20.1. The number of nitrogens with one attached hydrogen (secondary N) is 5. The Kier molecular flexibility index (Phi) is 14.5. The van der Waals surface area contributed by atoms with Crippen molar-refractivity contribution < 1.29 is 46.3 Å². The minimum atomic E-state index is -3.95. The summed E-state index contributed by atoms with van der Waals surface area (Å²) in [5.41, 5.74) is 3.74. The van der Waals surface area contributed by atoms with Crippen LogP contribution in [0.15, 0.2) is 84.6 Å². The van der Waals surface area contributed by atoms with E-state index in [1.165, 1.54) is 28.6 Å². The smallest absolute Gasteiger partial charge is 0.246 e. The monoisotopic (exact) mass is 968 g/mol. The van der Waals surface area contributed by atoms with Gasteiger partial charge in [-0.15, -0.1) is 11.3 Å². The third-order valence-corrected chi connectivity index (χ3v) is 13.8. The van der Waals surface area contributed by atoms with Gasteiger partial charge in [-0.1, -0.05) is 64.1 Å². The average Bonchev–Trinajstić information content (AvgIpc) is 4.03. The third-order valence-electron chi connectivity index (χ3n) is 11.4. The van der Waals surface area contributed by atoms with Gasteiger partial charge in [0.2, 0.25) is 39.4 Å². The predicted octanol–water partition coefficient (Wildman–Crippen LogP) is 6.46. The van der Waals surface area contributed by atoms with Gasteiger partial charge in [-0.3, -0.25) is 28.7 Å². The zero-order chi connectivity index (χ0) is 49.1. The Morgan fingerprint density at radius 3 is 2.32 bits per heavy atom. The van der Waals surface area contributed by atoms with Crippen LogP contribution in [0.1, 0.15) is 74.1 Å². The van der Waals surface area contributed by atoms with Gasteiger partial charge in [0.25, 0.3) is 0 Å². The van der Waals surface area contributed by atoms with Gasteiger partial charge in [-0.25, -0.2) is 27.2 Å². The van der Waals surface area contributed by atoms with Crippen LogP contribution in [0.25, 0.3) is 32.6 Å². The molecule has 4 heterocycles. The van der Waals surface area contributed by atoms with Crippen molar-refractivity contribution in [2.75, 3.05) is 22.3 Å². The van der Waals surface area contributed by atoms with E-state index in [0.29, 0.717) is 16.8 Å². The van der Waals surface area contributed by atoms with Crippen LogP contribution in [0.4, 0.5) is 20.2 Å². The molecule has 16 nitrogen and oxygen atoms in total. The molecule has 1 saturated heterocycles. The number of fused-ring (bicyclic) bond motifs is 1. The number of sulfonamides is 1. The number of H-pyrrole nitrogens is 1. The molecule has 0 aliphatic carbocycles. The van der Waals surface area contributed by atoms with Crippen LogP contribution in [-0.2, 0) is 35.7 Å². The molecule has 1 fully saturated rings. The van der Waals surface area contributed by atoms with E-state index < -0.39 is 92.3 Å². The summed E-state index contributed by atoms with van der Waals surface area (Å²) in [7, 11) is -3.95. The number of aromatic amines is 1. The Morgan fingerprint density at radius 1 is 0.956 bits per heavy atom. The molecule has 0 radical (unpaired) electrons. The summed E-state index contributed by atoms with van der Waals surface area (Å²) in [5.74, 6) is -6.34. The van der Waals surface area contributed by atoms with Crippen LogP contribution in [0, 0.1) is 24.0 Å². The molecular formula is C48H50F2N8O8S2. The van der Waals surface area contributed by atoms with Gasteiger partial charge in [0, 0.05) is 54.1 Å². The summed E-state index contributed by atoms with van der Waals surface area (Å²) in [6.07, 6.45) is 1.41. The van der Waals surface area contributed by atoms with Crippen molar-refractivity contribution in [3.8, 4) is 21.6 Å². The van der Waals surface area contributed by atoms with Crippen LogP contribution in [0.5, 0.6) is 0 Å². The van der Waals surface area contributed by atoms with Crippen molar-refractivity contribution in [2.24, 2.45) is 5.41 Å². The Balaban J connectivity index is 0.968. The molecule has 0 bridgehead atoms. The Morgan fingerprint density at radius 2 is 1.66 bits per heavy atom. The van der Waals surface area contributed by atoms with Gasteiger partial charge < -0.3 is 30.9 Å². The number of likely N-dealkylation sites (tertiary alicyclic amines) is 1. The molecule has 0 saturated carbocycles. The van der Waals surface area contributed by atoms with E-state index in [9.17, 15) is 41.9 Å². The Hall–Kier alpha value is -6.90. The zero-order valence-corrected chi connectivity index (χ0v) is 39.4. The SMILES string of the molecule is CCCS(=O)(=O)Nc1ccc(F)c(C(=O)c2c[nH]c3ncc(-c4ccc(NC(=O)CC(=O)N[C@H](C(=O)N5C[C@H](O)C[C@H]5C(=O)NCc5ccc(-c6scnc6C)cc5)C(C)(C)C)cc4)cc23)c1F. The van der Waals surface area contributed by atoms with Crippen molar-refractivity contribution in [3.05, 3.63) is 119 Å². The molecule has 356 valence electrons. The lowest BCUT2D eigenvalue weighted by Crippen LogP contribution is -2.58. The Bertz CT molecular complexity index is 3010. The van der Waals surface area contributed by atoms with E-state index in [1.807, 2.05) is 31.2 Å². The number of aryl methyl sites for hydroxylation is 1. The first-order valence-corrected chi connectivity index (χ1v) is 24.2. The second-order valence-corrected chi connectivity index (χ2v) is 20.3. The van der Waals surface area contributed by atoms with Gasteiger partial charge in [-0.05, 0) is 65.8 Å². The summed E-state index contributed by atoms with van der Waals surface area (Å²) in [4.78, 5) is 81.4. The number of thiazole rings is 1. The van der Waals surface area contributed by atoms with Crippen molar-refractivity contribution in [1.29, 1.82) is 0 Å². The number of amides is 4. The number of hydrogen-bond donors (Lipinski definition) is 6. The molecule has 3 atom stereocenters. The number of carbonyl (C=O) groups excluding carboxylic acids is 5. The molecule has 1 aliphatic heterocycles. The number of halogens is 2. The quantitative estimate of drug-likeness (QED) is 0.0458. The van der Waals surface area contributed by atoms with E-state index in [-0.39, 0.29) is 48.3 Å². The molecular weight excluding hydrogens is 919 g/mol. The minimum Gasteiger partial charge on any atom is -0.391 e. The Labute approximate surface area is 395 Å². The lowest BCUT2D eigenvalue weighted by Gasteiger charge is -2.35. The normalized spacial score (nSPS) is 15.5. The number of aromatic nitrogens is 3. The number of pyridine rings is 1. The first-order valence-electron chi connectivity index (χ1n) is 21.7. The van der Waals surface area contributed by atoms with Crippen LogP contribution in [0.2, 0.25) is 0 Å². The summed E-state index contributed by atoms with van der Waals surface area (Å²) in [5, 5.41) is 19.0. The number of ketones is 1. The number of nitrogens with zero attached hydrogens (tertiary/aromatic N) is 3. The molecule has 3 aromatic carbocycles. The number of hydrogen-bond acceptors (Lipinski definition) is 11. The molecule has 68 heavy (non-hydrogen) atoms. The lowest BCUT2D eigenvalue weighted by atomic mass is 9.85. The average molecular weight is 969 g/mol. The first kappa shape index (κ1) is 49.0. The van der Waals surface area contributed by atoms with E-state index in [2.05, 4.69) is 35.6 Å². The summed E-state index contributed by atoms with van der Waals surface area (Å²) in [6.45, 7) is 8.84. The number of β-amino-alcohol motifs (C(OH)–C–C–N with tert-alkyl or cyclic N) is 1. The fourth-order valence-electron chi connectivity index (χ4n) is 7.90. The molecule has 0 unspecified atom stereocenters. The number of aliphatic hydroxyl groups excluding tert-OH is 1. The van der Waals surface area contributed by atoms with Crippen LogP contribution < -0.4 is 20.7 Å². The maximum atomic E-state index is 15.5. The highest BCUT2D eigenvalue weighted by Crippen LogP contribution is 2.32. The maximum absolute atomic E-state index is 15.5. The fraction of sp³-hybridized carbons (Fsp3) is 0.312. The molecule has 0 spiro atoms. The highest BCUT2D eigenvalue weighted by molar-refractivity contribution is 7.92. The van der Waals surface area contributed by atoms with Crippen molar-refractivity contribution in [2.45, 2.75) is 78.6 Å². The van der Waals surface area contributed by atoms with Gasteiger partial charge in [0.1, 0.15) is 30.0 Å². The lowest BCUT2D eigenvalue weighted by molar-refractivity contribution is -0.144. The van der Waals surface area contributed by atoms with Crippen LogP contribution in [-0.4, -0.2) is 93.3 Å². The highest BCUT2D eigenvalue weighted by atomic mass is 32.2. The summed E-state index contributed by atoms with van der Waals surface area (Å²) >= 11 is 1.54. The van der Waals surface area contributed by atoms with E-state index >= 15 is 4.39 Å². The summed E-state index contributed by atoms with van der Waals surface area (Å²) < 4.78 is 57.2. The predicted molar refractivity (Wildman–Crippen MR) is 254 cm³/mol. The summed E-state index contributed by atoms with van der Waals surface area (Å²) in [6, 6.07) is 15.3. The van der Waals surface area contributed by atoms with Gasteiger partial charge >= 0.3 is 0 Å². The van der Waals surface area contributed by atoms with Gasteiger partial charge in [0.05, 0.1) is 39.2 Å². The second-order valence-electron chi connectivity index (χ2n) is 17.6. The highest BCUT2D eigenvalue weighted by Gasteiger charge is 2.44. The molecule has 4 amide bonds. The minimum absolute atomic E-state index is 0.0111. The largest absolute Gasteiger partial charge is 0.391 e. The molecule has 1 aliphatic rings. The zero-order valence-electron chi connectivity index (χ0n) is 37.8. The van der Waals surface area contributed by atoms with Gasteiger partial charge in [-0.2, -0.15) is 0 Å². The topological polar surface area (TPSA) is 233 Å². The molecule has 7 rings (SSSR count). The first-order chi connectivity index (χ1) is 32.2. The maximum Gasteiger partial charge on any atom is 0.246 e. The third kappa shape index (κ3) is 11.1. The number of rotatable bonds is 16. The van der Waals surface area contributed by atoms with Gasteiger partial charge in [0.15, 0.2) is 5.82 Å². The number of anilines is 2. The number of benzene rings is 3. The standard InChI is InChI=1S/C48H50F2N8O8S2/c1-6-17-68(65,66)57-36-16-15-35(49)40(41(36)50)42(62)34-23-52-45-33(34)18-30(22-51-45)28-11-13-31(14-12-28)55-38(60)20-39(61)56-44(48(3,4)5)47(64)58-24-32(59)19-37(58)46(63)53-21-27-7-9-29(10-8-27)43-26(2)54-25-67-43/h7-16,18,22-23,25,32,37,44,57,59H,6,17,19-21,24H2,1-5H3,(H,51,52)(H,53,63)(H,55,60)(H,56,61)/t32-,37+,44-/m1/s1. The van der Waals surface area contributed by atoms with Crippen LogP contribution in [0.3, 0.4) is 0 Å². The number of aliphatic hydroxyl groups is 1. The number of carbonyl (C=O) groups is 5. The van der Waals surface area contributed by atoms with E-state index in [4.69, 9.17) is 0 Å². The van der Waals surface area contributed by atoms with Crippen LogP contribution >= 0.6 is 11.3 Å². The van der Waals surface area contributed by atoms with E-state index in [1.54, 1.807) is 63.5 Å². The molecule has 20 heteroatoms. The van der Waals surface area contributed by atoms with Crippen molar-refractivity contribution in [1.82, 2.24) is 30.5 Å². The molecule has 6 aromatic rings. The molecule has 6 N–H and O–H groups in total. The van der Waals surface area contributed by atoms with E-state index in [0.717, 1.165) is 33.8 Å².